The molecule has 3 amide bonds. The van der Waals surface area contributed by atoms with Crippen LogP contribution in [0.15, 0.2) is 40.4 Å². The van der Waals surface area contributed by atoms with Crippen LogP contribution in [0.25, 0.3) is 6.08 Å². The van der Waals surface area contributed by atoms with Crippen LogP contribution in [0, 0.1) is 3.57 Å². The summed E-state index contributed by atoms with van der Waals surface area (Å²) in [5.41, 5.74) is 0.732. The summed E-state index contributed by atoms with van der Waals surface area (Å²) in [5.74, 6) is -0.983. The first-order valence-electron chi connectivity index (χ1n) is 8.83. The number of hydrogen-bond donors (Lipinski definition) is 1. The fraction of sp³-hybridized carbons (Fsp3) is 0.200. The Bertz CT molecular complexity index is 1070. The van der Waals surface area contributed by atoms with Crippen LogP contribution in [0.5, 0.6) is 5.75 Å². The first kappa shape index (κ1) is 22.3. The number of amides is 3. The summed E-state index contributed by atoms with van der Waals surface area (Å²) in [6, 6.07) is 7.34. The lowest BCUT2D eigenvalue weighted by molar-refractivity contribution is -0.142. The maximum absolute atomic E-state index is 12.6. The molecule has 2 heterocycles. The van der Waals surface area contributed by atoms with Crippen LogP contribution >= 0.6 is 22.6 Å². The average Bonchev–Trinajstić information content (AvgIpc) is 3.33. The number of carbonyl (C=O) groups is 4. The molecule has 0 spiro atoms. The molecule has 162 valence electrons. The number of imide groups is 1. The molecule has 1 aliphatic rings. The molecule has 1 saturated heterocycles. The number of hydrogen-bond acceptors (Lipinski definition) is 8. The van der Waals surface area contributed by atoms with E-state index in [0.29, 0.717) is 14.9 Å². The number of benzene rings is 1. The van der Waals surface area contributed by atoms with Crippen LogP contribution in [-0.4, -0.2) is 49.6 Å². The molecule has 0 saturated carbocycles. The third kappa shape index (κ3) is 5.23. The number of ether oxygens (including phenoxy) is 3. The summed E-state index contributed by atoms with van der Waals surface area (Å²) < 4.78 is 20.5. The number of rotatable bonds is 7. The topological polar surface area (TPSA) is 124 Å². The molecule has 11 heteroatoms. The molecule has 1 aromatic carbocycles. The van der Waals surface area contributed by atoms with Gasteiger partial charge in [-0.15, -0.1) is 0 Å². The summed E-state index contributed by atoms with van der Waals surface area (Å²) in [4.78, 5) is 48.5. The number of carbonyl (C=O) groups excluding carboxylic acids is 4. The first-order chi connectivity index (χ1) is 14.8. The second kappa shape index (κ2) is 9.64. The summed E-state index contributed by atoms with van der Waals surface area (Å²) in [6.45, 7) is -0.363. The van der Waals surface area contributed by atoms with E-state index < -0.39 is 23.9 Å². The lowest BCUT2D eigenvalue weighted by Gasteiger charge is -2.09. The zero-order valence-electron chi connectivity index (χ0n) is 16.5. The normalized spacial score (nSPS) is 14.5. The number of nitrogens with zero attached hydrogens (tertiary/aromatic N) is 1. The van der Waals surface area contributed by atoms with E-state index in [0.717, 1.165) is 4.90 Å². The molecule has 0 atom stereocenters. The maximum Gasteiger partial charge on any atom is 0.373 e. The largest absolute Gasteiger partial charge is 0.481 e. The zero-order valence-corrected chi connectivity index (χ0v) is 18.6. The molecular weight excluding hydrogens is 523 g/mol. The Morgan fingerprint density at radius 2 is 1.94 bits per heavy atom. The summed E-state index contributed by atoms with van der Waals surface area (Å²) in [6.07, 6.45) is 1.52. The minimum atomic E-state index is -0.655. The predicted octanol–water partition coefficient (Wildman–Crippen LogP) is 2.32. The number of halogens is 1. The maximum atomic E-state index is 12.6. The third-order valence-corrected chi connectivity index (χ3v) is 5.01. The van der Waals surface area contributed by atoms with Gasteiger partial charge >= 0.3 is 18.0 Å². The summed E-state index contributed by atoms with van der Waals surface area (Å²) in [5, 5.41) is 2.52. The number of nitrogens with one attached hydrogen (secondary N) is 1. The second-order valence-electron chi connectivity index (χ2n) is 6.19. The number of esters is 2. The van der Waals surface area contributed by atoms with Crippen molar-refractivity contribution in [1.29, 1.82) is 0 Å². The monoisotopic (exact) mass is 540 g/mol. The second-order valence-corrected chi connectivity index (χ2v) is 7.35. The highest BCUT2D eigenvalue weighted by Gasteiger charge is 2.34. The molecule has 0 bridgehead atoms. The van der Waals surface area contributed by atoms with Gasteiger partial charge in [0, 0.05) is 0 Å². The Morgan fingerprint density at radius 3 is 2.61 bits per heavy atom. The van der Waals surface area contributed by atoms with Gasteiger partial charge in [-0.25, -0.2) is 14.4 Å². The van der Waals surface area contributed by atoms with Crippen molar-refractivity contribution in [3.8, 4) is 5.75 Å². The zero-order chi connectivity index (χ0) is 22.5. The summed E-state index contributed by atoms with van der Waals surface area (Å²) >= 11 is 2.03. The van der Waals surface area contributed by atoms with Crippen LogP contribution in [0.2, 0.25) is 0 Å². The van der Waals surface area contributed by atoms with Crippen molar-refractivity contribution in [2.45, 2.75) is 6.54 Å². The molecule has 10 nitrogen and oxygen atoms in total. The lowest BCUT2D eigenvalue weighted by Crippen LogP contribution is -2.30. The molecule has 0 aliphatic carbocycles. The Labute approximate surface area is 190 Å². The van der Waals surface area contributed by atoms with Crippen molar-refractivity contribution in [3.05, 3.63) is 56.7 Å². The van der Waals surface area contributed by atoms with E-state index in [2.05, 4.69) is 14.8 Å². The minimum Gasteiger partial charge on any atom is -0.481 e. The highest BCUT2D eigenvalue weighted by molar-refractivity contribution is 14.1. The fourth-order valence-corrected chi connectivity index (χ4v) is 3.33. The first-order valence-corrected chi connectivity index (χ1v) is 9.91. The molecule has 3 rings (SSSR count). The molecule has 31 heavy (non-hydrogen) atoms. The van der Waals surface area contributed by atoms with E-state index in [1.807, 2.05) is 22.6 Å². The Morgan fingerprint density at radius 1 is 1.16 bits per heavy atom. The van der Waals surface area contributed by atoms with E-state index in [1.54, 1.807) is 18.2 Å². The van der Waals surface area contributed by atoms with Crippen LogP contribution in [0.3, 0.4) is 0 Å². The number of methoxy groups -OCH3 is 2. The van der Waals surface area contributed by atoms with Gasteiger partial charge in [0.2, 0.25) is 5.76 Å². The molecular formula is C20H17IN2O8. The van der Waals surface area contributed by atoms with Crippen molar-refractivity contribution >= 4 is 52.5 Å². The standard InChI is InChI=1S/C20H17IN2O8/c1-28-17(24)10-30-15-5-3-11(7-13(15)21)8-14-18(25)23(20(27)22-14)9-12-4-6-16(31-12)19(26)29-2/h3-8H,9-10H2,1-2H3,(H,22,27)/b14-8-. The van der Waals surface area contributed by atoms with Gasteiger partial charge in [-0.2, -0.15) is 0 Å². The van der Waals surface area contributed by atoms with Crippen LogP contribution < -0.4 is 10.1 Å². The predicted molar refractivity (Wildman–Crippen MR) is 114 cm³/mol. The van der Waals surface area contributed by atoms with E-state index >= 15 is 0 Å². The third-order valence-electron chi connectivity index (χ3n) is 4.16. The molecule has 1 aromatic heterocycles. The van der Waals surface area contributed by atoms with Crippen molar-refractivity contribution in [2.75, 3.05) is 20.8 Å². The molecule has 1 N–H and O–H groups in total. The fourth-order valence-electron chi connectivity index (χ4n) is 2.63. The number of furan rings is 1. The van der Waals surface area contributed by atoms with Gasteiger partial charge in [0.25, 0.3) is 5.91 Å². The van der Waals surface area contributed by atoms with Crippen molar-refractivity contribution in [3.63, 3.8) is 0 Å². The highest BCUT2D eigenvalue weighted by atomic mass is 127. The number of urea groups is 1. The smallest absolute Gasteiger partial charge is 0.373 e. The minimum absolute atomic E-state index is 0.0237. The van der Waals surface area contributed by atoms with Crippen molar-refractivity contribution in [1.82, 2.24) is 10.2 Å². The Balaban J connectivity index is 1.71. The van der Waals surface area contributed by atoms with Crippen molar-refractivity contribution in [2.24, 2.45) is 0 Å². The molecule has 2 aromatic rings. The van der Waals surface area contributed by atoms with Crippen LogP contribution in [0.4, 0.5) is 4.79 Å². The van der Waals surface area contributed by atoms with Crippen LogP contribution in [0.1, 0.15) is 21.9 Å². The SMILES string of the molecule is COC(=O)COc1ccc(/C=C2\NC(=O)N(Cc3ccc(C(=O)OC)o3)C2=O)cc1I. The Kier molecular flexibility index (Phi) is 6.95. The van der Waals surface area contributed by atoms with E-state index in [4.69, 9.17) is 9.15 Å². The molecule has 0 unspecified atom stereocenters. The molecule has 0 radical (unpaired) electrons. The lowest BCUT2D eigenvalue weighted by atomic mass is 10.2. The average molecular weight is 540 g/mol. The molecule has 1 aliphatic heterocycles. The Hall–Kier alpha value is -3.35. The van der Waals surface area contributed by atoms with Gasteiger partial charge in [0.05, 0.1) is 24.3 Å². The van der Waals surface area contributed by atoms with Gasteiger partial charge in [0.1, 0.15) is 17.2 Å². The summed E-state index contributed by atoms with van der Waals surface area (Å²) in [7, 11) is 2.49. The van der Waals surface area contributed by atoms with Gasteiger partial charge in [-0.3, -0.25) is 9.69 Å². The van der Waals surface area contributed by atoms with E-state index in [9.17, 15) is 19.2 Å². The van der Waals surface area contributed by atoms with E-state index in [1.165, 1.54) is 32.4 Å². The van der Waals surface area contributed by atoms with Crippen LogP contribution in [-0.2, 0) is 25.6 Å². The van der Waals surface area contributed by atoms with E-state index in [-0.39, 0.29) is 30.4 Å². The molecule has 1 fully saturated rings. The van der Waals surface area contributed by atoms with Gasteiger partial charge in [-0.05, 0) is 58.5 Å². The van der Waals surface area contributed by atoms with Gasteiger partial charge < -0.3 is 23.9 Å². The van der Waals surface area contributed by atoms with Gasteiger partial charge in [-0.1, -0.05) is 6.07 Å². The highest BCUT2D eigenvalue weighted by Crippen LogP contribution is 2.24. The quantitative estimate of drug-likeness (QED) is 0.246. The van der Waals surface area contributed by atoms with Gasteiger partial charge in [0.15, 0.2) is 6.61 Å². The van der Waals surface area contributed by atoms with Crippen molar-refractivity contribution < 1.29 is 37.8 Å².